The zero-order valence-corrected chi connectivity index (χ0v) is 15.9. The van der Waals surface area contributed by atoms with Crippen LogP contribution >= 0.6 is 11.3 Å². The van der Waals surface area contributed by atoms with Crippen LogP contribution < -0.4 is 10.1 Å². The van der Waals surface area contributed by atoms with E-state index in [1.165, 1.54) is 15.3 Å². The minimum absolute atomic E-state index is 0.0780. The summed E-state index contributed by atoms with van der Waals surface area (Å²) in [5.41, 5.74) is 2.34. The molecule has 130 valence electrons. The molecule has 2 rings (SSSR count). The second kappa shape index (κ2) is 8.31. The predicted molar refractivity (Wildman–Crippen MR) is 99.7 cm³/mol. The molecule has 1 heterocycles. The monoisotopic (exact) mass is 346 g/mol. The maximum Gasteiger partial charge on any atom is 0.236 e. The lowest BCUT2D eigenvalue weighted by atomic mass is 10.1. The number of hydrogen-bond donors (Lipinski definition) is 1. The van der Waals surface area contributed by atoms with Crippen LogP contribution in [-0.4, -0.2) is 31.5 Å². The number of nitrogens with zero attached hydrogens (tertiary/aromatic N) is 1. The van der Waals surface area contributed by atoms with Crippen molar-refractivity contribution in [1.29, 1.82) is 0 Å². The largest absolute Gasteiger partial charge is 0.497 e. The van der Waals surface area contributed by atoms with E-state index in [1.54, 1.807) is 23.3 Å². The summed E-state index contributed by atoms with van der Waals surface area (Å²) >= 11 is 1.80. The molecule has 1 aromatic carbocycles. The molecular weight excluding hydrogens is 320 g/mol. The number of carbonyl (C=O) groups is 1. The topological polar surface area (TPSA) is 41.6 Å². The number of ether oxygens (including phenoxy) is 1. The highest BCUT2D eigenvalue weighted by Gasteiger charge is 2.14. The van der Waals surface area contributed by atoms with Crippen LogP contribution in [0, 0.1) is 13.8 Å². The Morgan fingerprint density at radius 3 is 2.71 bits per heavy atom. The fraction of sp³-hybridized carbons (Fsp3) is 0.421. The van der Waals surface area contributed by atoms with E-state index in [2.05, 4.69) is 32.2 Å². The lowest BCUT2D eigenvalue weighted by Crippen LogP contribution is -2.36. The van der Waals surface area contributed by atoms with Crippen molar-refractivity contribution in [2.24, 2.45) is 0 Å². The van der Waals surface area contributed by atoms with E-state index in [0.29, 0.717) is 13.1 Å². The van der Waals surface area contributed by atoms with Crippen LogP contribution in [0.5, 0.6) is 5.75 Å². The van der Waals surface area contributed by atoms with Crippen molar-refractivity contribution in [3.8, 4) is 5.75 Å². The van der Waals surface area contributed by atoms with Crippen LogP contribution in [0.25, 0.3) is 0 Å². The number of rotatable bonds is 7. The van der Waals surface area contributed by atoms with Crippen molar-refractivity contribution in [3.63, 3.8) is 0 Å². The quantitative estimate of drug-likeness (QED) is 0.831. The molecule has 5 heteroatoms. The lowest BCUT2D eigenvalue weighted by Gasteiger charge is -2.20. The molecule has 0 aliphatic rings. The number of aryl methyl sites for hydroxylation is 2. The third-order valence-corrected chi connectivity index (χ3v) is 5.07. The first-order valence-corrected chi connectivity index (χ1v) is 8.89. The van der Waals surface area contributed by atoms with Gasteiger partial charge in [-0.2, -0.15) is 0 Å². The van der Waals surface area contributed by atoms with Gasteiger partial charge in [0.15, 0.2) is 0 Å². The van der Waals surface area contributed by atoms with Crippen LogP contribution in [0.2, 0.25) is 0 Å². The fourth-order valence-electron chi connectivity index (χ4n) is 2.70. The molecular formula is C19H26N2O2S. The van der Waals surface area contributed by atoms with Crippen LogP contribution in [0.3, 0.4) is 0 Å². The first-order chi connectivity index (χ1) is 11.4. The minimum Gasteiger partial charge on any atom is -0.497 e. The Kier molecular flexibility index (Phi) is 6.40. The van der Waals surface area contributed by atoms with Gasteiger partial charge in [0, 0.05) is 29.4 Å². The van der Waals surface area contributed by atoms with Gasteiger partial charge in [-0.1, -0.05) is 12.1 Å². The van der Waals surface area contributed by atoms with E-state index in [9.17, 15) is 4.79 Å². The number of carbonyl (C=O) groups excluding carboxylic acids is 1. The molecule has 0 spiro atoms. The van der Waals surface area contributed by atoms with Gasteiger partial charge in [-0.05, 0) is 50.1 Å². The summed E-state index contributed by atoms with van der Waals surface area (Å²) in [6.07, 6.45) is 0. The molecule has 0 bridgehead atoms. The predicted octanol–water partition coefficient (Wildman–Crippen LogP) is 3.68. The summed E-state index contributed by atoms with van der Waals surface area (Å²) in [5.74, 6) is 0.887. The summed E-state index contributed by atoms with van der Waals surface area (Å²) in [4.78, 5) is 16.7. The molecule has 2 aromatic rings. The molecule has 1 atom stereocenters. The maximum atomic E-state index is 12.4. The van der Waals surface area contributed by atoms with Gasteiger partial charge in [-0.3, -0.25) is 4.79 Å². The van der Waals surface area contributed by atoms with E-state index in [-0.39, 0.29) is 11.9 Å². The Hall–Kier alpha value is -1.85. The van der Waals surface area contributed by atoms with Crippen LogP contribution in [-0.2, 0) is 11.3 Å². The molecule has 4 nitrogen and oxygen atoms in total. The highest BCUT2D eigenvalue weighted by Crippen LogP contribution is 2.26. The average Bonchev–Trinajstić information content (AvgIpc) is 2.90. The molecule has 0 aliphatic carbocycles. The number of nitrogens with one attached hydrogen (secondary N) is 1. The van der Waals surface area contributed by atoms with Gasteiger partial charge in [0.05, 0.1) is 13.7 Å². The Balaban J connectivity index is 1.88. The van der Waals surface area contributed by atoms with Crippen molar-refractivity contribution in [2.45, 2.75) is 33.4 Å². The number of hydrogen-bond acceptors (Lipinski definition) is 4. The van der Waals surface area contributed by atoms with E-state index in [0.717, 1.165) is 11.3 Å². The Morgan fingerprint density at radius 1 is 1.33 bits per heavy atom. The zero-order valence-electron chi connectivity index (χ0n) is 15.1. The summed E-state index contributed by atoms with van der Waals surface area (Å²) in [6, 6.07) is 10.2. The van der Waals surface area contributed by atoms with Crippen molar-refractivity contribution >= 4 is 17.2 Å². The summed E-state index contributed by atoms with van der Waals surface area (Å²) in [5, 5.41) is 3.33. The maximum absolute atomic E-state index is 12.4. The number of likely N-dealkylation sites (N-methyl/N-ethyl adjacent to an activating group) is 1. The summed E-state index contributed by atoms with van der Waals surface area (Å²) < 4.78 is 5.22. The Labute approximate surface area is 148 Å². The summed E-state index contributed by atoms with van der Waals surface area (Å²) in [6.45, 7) is 7.24. The van der Waals surface area contributed by atoms with Crippen molar-refractivity contribution in [2.75, 3.05) is 20.7 Å². The van der Waals surface area contributed by atoms with Crippen molar-refractivity contribution in [1.82, 2.24) is 10.2 Å². The molecule has 0 aliphatic heterocycles. The molecule has 0 fully saturated rings. The SMILES string of the molecule is COc1cccc(CN(C)C(=O)CN[C@H](C)c2cc(C)sc2C)c1. The Morgan fingerprint density at radius 2 is 2.08 bits per heavy atom. The Bertz CT molecular complexity index is 696. The van der Waals surface area contributed by atoms with Crippen LogP contribution in [0.4, 0.5) is 0 Å². The molecule has 24 heavy (non-hydrogen) atoms. The third-order valence-electron chi connectivity index (χ3n) is 4.09. The van der Waals surface area contributed by atoms with E-state index < -0.39 is 0 Å². The smallest absolute Gasteiger partial charge is 0.236 e. The molecule has 0 unspecified atom stereocenters. The van der Waals surface area contributed by atoms with Crippen molar-refractivity contribution < 1.29 is 9.53 Å². The zero-order chi connectivity index (χ0) is 17.7. The van der Waals surface area contributed by atoms with Gasteiger partial charge in [-0.15, -0.1) is 11.3 Å². The fourth-order valence-corrected chi connectivity index (χ4v) is 3.72. The van der Waals surface area contributed by atoms with Crippen LogP contribution in [0.15, 0.2) is 30.3 Å². The third kappa shape index (κ3) is 4.82. The number of methoxy groups -OCH3 is 1. The second-order valence-electron chi connectivity index (χ2n) is 6.07. The molecule has 1 aromatic heterocycles. The lowest BCUT2D eigenvalue weighted by molar-refractivity contribution is -0.129. The molecule has 0 radical (unpaired) electrons. The number of amides is 1. The highest BCUT2D eigenvalue weighted by atomic mass is 32.1. The number of benzene rings is 1. The van der Waals surface area contributed by atoms with E-state index in [4.69, 9.17) is 4.74 Å². The van der Waals surface area contributed by atoms with Gasteiger partial charge in [0.1, 0.15) is 5.75 Å². The normalized spacial score (nSPS) is 12.0. The first kappa shape index (κ1) is 18.5. The van der Waals surface area contributed by atoms with Gasteiger partial charge in [0.25, 0.3) is 0 Å². The summed E-state index contributed by atoms with van der Waals surface area (Å²) in [7, 11) is 3.47. The molecule has 0 saturated heterocycles. The van der Waals surface area contributed by atoms with Gasteiger partial charge in [0.2, 0.25) is 5.91 Å². The standard InChI is InChI=1S/C19H26N2O2S/c1-13-9-18(15(3)24-13)14(2)20-11-19(22)21(4)12-16-7-6-8-17(10-16)23-5/h6-10,14,20H,11-12H2,1-5H3/t14-/m1/s1. The average molecular weight is 346 g/mol. The first-order valence-electron chi connectivity index (χ1n) is 8.08. The highest BCUT2D eigenvalue weighted by molar-refractivity contribution is 7.12. The van der Waals surface area contributed by atoms with E-state index in [1.807, 2.05) is 31.3 Å². The minimum atomic E-state index is 0.0780. The van der Waals surface area contributed by atoms with Gasteiger partial charge in [-0.25, -0.2) is 0 Å². The number of thiophene rings is 1. The second-order valence-corrected chi connectivity index (χ2v) is 7.53. The van der Waals surface area contributed by atoms with E-state index >= 15 is 0 Å². The van der Waals surface area contributed by atoms with Crippen molar-refractivity contribution in [3.05, 3.63) is 51.2 Å². The molecule has 1 N–H and O–H groups in total. The van der Waals surface area contributed by atoms with Gasteiger partial charge >= 0.3 is 0 Å². The van der Waals surface area contributed by atoms with Crippen LogP contribution in [0.1, 0.15) is 33.8 Å². The van der Waals surface area contributed by atoms with Gasteiger partial charge < -0.3 is 15.0 Å². The molecule has 1 amide bonds. The molecule has 0 saturated carbocycles.